The average molecular weight is 317 g/mol. The quantitative estimate of drug-likeness (QED) is 0.480. The zero-order valence-electron chi connectivity index (χ0n) is 12.3. The van der Waals surface area contributed by atoms with Crippen LogP contribution in [0.2, 0.25) is 5.02 Å². The molecule has 4 aromatic rings. The van der Waals surface area contributed by atoms with Gasteiger partial charge in [-0.2, -0.15) is 0 Å². The summed E-state index contributed by atoms with van der Waals surface area (Å²) >= 11 is 5.98. The first-order valence-electron chi connectivity index (χ1n) is 7.38. The lowest BCUT2D eigenvalue weighted by molar-refractivity contribution is 1.29. The highest BCUT2D eigenvalue weighted by Gasteiger charge is 2.04. The lowest BCUT2D eigenvalue weighted by Crippen LogP contribution is -1.88. The Morgan fingerprint density at radius 2 is 1.35 bits per heavy atom. The number of halogens is 1. The van der Waals surface area contributed by atoms with Crippen molar-refractivity contribution in [2.75, 3.05) is 0 Å². The Kier molecular flexibility index (Phi) is 3.52. The van der Waals surface area contributed by atoms with Gasteiger partial charge in [0.15, 0.2) is 0 Å². The molecule has 0 saturated heterocycles. The predicted molar refractivity (Wildman–Crippen MR) is 95.4 cm³/mol. The van der Waals surface area contributed by atoms with Gasteiger partial charge in [-0.15, -0.1) is 0 Å². The number of benzene rings is 3. The van der Waals surface area contributed by atoms with Gasteiger partial charge in [0.25, 0.3) is 0 Å². The van der Waals surface area contributed by atoms with Gasteiger partial charge in [0, 0.05) is 10.6 Å². The van der Waals surface area contributed by atoms with Crippen LogP contribution in [0.25, 0.3) is 33.4 Å². The molecule has 23 heavy (non-hydrogen) atoms. The van der Waals surface area contributed by atoms with Crippen molar-refractivity contribution in [2.45, 2.75) is 0 Å². The third kappa shape index (κ3) is 2.81. The summed E-state index contributed by atoms with van der Waals surface area (Å²) in [5.41, 5.74) is 5.96. The molecule has 0 amide bonds. The molecule has 0 radical (unpaired) electrons. The summed E-state index contributed by atoms with van der Waals surface area (Å²) in [5.74, 6) is 0. The molecule has 3 heteroatoms. The van der Waals surface area contributed by atoms with Crippen molar-refractivity contribution in [2.24, 2.45) is 0 Å². The fourth-order valence-corrected chi connectivity index (χ4v) is 2.75. The van der Waals surface area contributed by atoms with E-state index in [0.717, 1.165) is 22.3 Å². The molecule has 0 saturated carbocycles. The van der Waals surface area contributed by atoms with Crippen molar-refractivity contribution in [3.8, 4) is 22.4 Å². The molecule has 110 valence electrons. The van der Waals surface area contributed by atoms with E-state index < -0.39 is 0 Å². The minimum Gasteiger partial charge on any atom is -0.252 e. The van der Waals surface area contributed by atoms with Crippen molar-refractivity contribution in [3.63, 3.8) is 0 Å². The molecule has 0 bridgehead atoms. The van der Waals surface area contributed by atoms with Crippen LogP contribution in [-0.4, -0.2) is 9.97 Å². The predicted octanol–water partition coefficient (Wildman–Crippen LogP) is 5.62. The summed E-state index contributed by atoms with van der Waals surface area (Å²) in [4.78, 5) is 9.12. The lowest BCUT2D eigenvalue weighted by atomic mass is 10.0. The van der Waals surface area contributed by atoms with E-state index in [1.54, 1.807) is 6.20 Å². The Morgan fingerprint density at radius 1 is 0.652 bits per heavy atom. The van der Waals surface area contributed by atoms with E-state index in [2.05, 4.69) is 46.4 Å². The first kappa shape index (κ1) is 13.9. The zero-order valence-corrected chi connectivity index (χ0v) is 13.0. The summed E-state index contributed by atoms with van der Waals surface area (Å²) < 4.78 is 0. The van der Waals surface area contributed by atoms with Crippen LogP contribution in [0, 0.1) is 0 Å². The number of nitrogens with zero attached hydrogens (tertiary/aromatic N) is 2. The number of fused-ring (bicyclic) bond motifs is 1. The number of rotatable bonds is 2. The third-order valence-electron chi connectivity index (χ3n) is 3.79. The van der Waals surface area contributed by atoms with Gasteiger partial charge in [0.05, 0.1) is 22.9 Å². The van der Waals surface area contributed by atoms with Crippen LogP contribution in [-0.2, 0) is 0 Å². The molecule has 4 rings (SSSR count). The van der Waals surface area contributed by atoms with Gasteiger partial charge in [0.1, 0.15) is 0 Å². The lowest BCUT2D eigenvalue weighted by Gasteiger charge is -2.05. The molecule has 0 aliphatic carbocycles. The second kappa shape index (κ2) is 5.82. The molecule has 0 fully saturated rings. The average Bonchev–Trinajstić information content (AvgIpc) is 2.62. The third-order valence-corrected chi connectivity index (χ3v) is 4.03. The van der Waals surface area contributed by atoms with Crippen LogP contribution in [0.1, 0.15) is 0 Å². The van der Waals surface area contributed by atoms with E-state index in [1.165, 1.54) is 11.1 Å². The van der Waals surface area contributed by atoms with Crippen molar-refractivity contribution >= 4 is 22.6 Å². The van der Waals surface area contributed by atoms with Gasteiger partial charge in [-0.05, 0) is 29.3 Å². The van der Waals surface area contributed by atoms with Crippen LogP contribution in [0.5, 0.6) is 0 Å². The van der Waals surface area contributed by atoms with Crippen molar-refractivity contribution < 1.29 is 0 Å². The van der Waals surface area contributed by atoms with Crippen molar-refractivity contribution in [1.29, 1.82) is 0 Å². The molecule has 0 N–H and O–H groups in total. The van der Waals surface area contributed by atoms with Gasteiger partial charge >= 0.3 is 0 Å². The van der Waals surface area contributed by atoms with Crippen LogP contribution in [0.3, 0.4) is 0 Å². The van der Waals surface area contributed by atoms with Crippen LogP contribution >= 0.6 is 11.6 Å². The standard InChI is InChI=1S/C20H13ClN2/c21-17-10-11-18-19(12-17)22-13-20(23-18)16-8-6-15(7-9-16)14-4-2-1-3-5-14/h1-13H. The molecule has 0 aliphatic rings. The Hall–Kier alpha value is -2.71. The summed E-state index contributed by atoms with van der Waals surface area (Å²) in [6, 6.07) is 24.3. The Morgan fingerprint density at radius 3 is 2.13 bits per heavy atom. The molecule has 0 unspecified atom stereocenters. The van der Waals surface area contributed by atoms with Gasteiger partial charge in [-0.25, -0.2) is 4.98 Å². The van der Waals surface area contributed by atoms with Crippen LogP contribution in [0.15, 0.2) is 79.0 Å². The van der Waals surface area contributed by atoms with Crippen LogP contribution < -0.4 is 0 Å². The van der Waals surface area contributed by atoms with E-state index in [-0.39, 0.29) is 0 Å². The normalized spacial score (nSPS) is 10.8. The monoisotopic (exact) mass is 316 g/mol. The van der Waals surface area contributed by atoms with Gasteiger partial charge < -0.3 is 0 Å². The molecular weight excluding hydrogens is 304 g/mol. The zero-order chi connectivity index (χ0) is 15.6. The van der Waals surface area contributed by atoms with E-state index in [9.17, 15) is 0 Å². The summed E-state index contributed by atoms with van der Waals surface area (Å²) in [5, 5.41) is 0.673. The van der Waals surface area contributed by atoms with E-state index >= 15 is 0 Å². The van der Waals surface area contributed by atoms with E-state index in [0.29, 0.717) is 5.02 Å². The molecule has 0 atom stereocenters. The van der Waals surface area contributed by atoms with Crippen molar-refractivity contribution in [3.05, 3.63) is 84.0 Å². The van der Waals surface area contributed by atoms with E-state index in [4.69, 9.17) is 11.6 Å². The van der Waals surface area contributed by atoms with Gasteiger partial charge in [-0.1, -0.05) is 66.2 Å². The van der Waals surface area contributed by atoms with Gasteiger partial charge in [-0.3, -0.25) is 4.98 Å². The Labute approximate surface area is 139 Å². The first-order chi connectivity index (χ1) is 11.3. The highest BCUT2D eigenvalue weighted by Crippen LogP contribution is 2.25. The topological polar surface area (TPSA) is 25.8 Å². The first-order valence-corrected chi connectivity index (χ1v) is 7.75. The smallest absolute Gasteiger partial charge is 0.0902 e. The maximum Gasteiger partial charge on any atom is 0.0902 e. The fraction of sp³-hybridized carbons (Fsp3) is 0. The highest BCUT2D eigenvalue weighted by molar-refractivity contribution is 6.31. The minimum absolute atomic E-state index is 0.673. The summed E-state index contributed by atoms with van der Waals surface area (Å²) in [6.07, 6.45) is 1.79. The Balaban J connectivity index is 1.72. The summed E-state index contributed by atoms with van der Waals surface area (Å²) in [7, 11) is 0. The van der Waals surface area contributed by atoms with E-state index in [1.807, 2.05) is 36.4 Å². The molecule has 0 spiro atoms. The molecule has 1 aromatic heterocycles. The molecule has 0 aliphatic heterocycles. The summed E-state index contributed by atoms with van der Waals surface area (Å²) in [6.45, 7) is 0. The molecule has 1 heterocycles. The number of hydrogen-bond acceptors (Lipinski definition) is 2. The number of hydrogen-bond donors (Lipinski definition) is 0. The fourth-order valence-electron chi connectivity index (χ4n) is 2.59. The highest BCUT2D eigenvalue weighted by atomic mass is 35.5. The molecular formula is C20H13ClN2. The Bertz CT molecular complexity index is 964. The maximum atomic E-state index is 5.98. The van der Waals surface area contributed by atoms with Crippen molar-refractivity contribution in [1.82, 2.24) is 9.97 Å². The largest absolute Gasteiger partial charge is 0.252 e. The minimum atomic E-state index is 0.673. The second-order valence-corrected chi connectivity index (χ2v) is 5.77. The SMILES string of the molecule is Clc1ccc2nc(-c3ccc(-c4ccccc4)cc3)cnc2c1. The number of aromatic nitrogens is 2. The molecule has 3 aromatic carbocycles. The van der Waals surface area contributed by atoms with Crippen LogP contribution in [0.4, 0.5) is 0 Å². The second-order valence-electron chi connectivity index (χ2n) is 5.33. The molecule has 2 nitrogen and oxygen atoms in total. The van der Waals surface area contributed by atoms with Gasteiger partial charge in [0.2, 0.25) is 0 Å². The maximum absolute atomic E-state index is 5.98.